The van der Waals surface area contributed by atoms with Crippen molar-refractivity contribution in [2.45, 2.75) is 20.3 Å². The van der Waals surface area contributed by atoms with Gasteiger partial charge in [0.05, 0.1) is 6.26 Å². The van der Waals surface area contributed by atoms with Crippen molar-refractivity contribution in [3.8, 4) is 0 Å². The van der Waals surface area contributed by atoms with Crippen LogP contribution in [0.1, 0.15) is 20.3 Å². The Bertz CT molecular complexity index is 221. The van der Waals surface area contributed by atoms with E-state index in [4.69, 9.17) is 4.74 Å². The van der Waals surface area contributed by atoms with E-state index in [0.717, 1.165) is 17.6 Å². The maximum absolute atomic E-state index is 5.09. The zero-order valence-corrected chi connectivity index (χ0v) is 8.55. The Balaban J connectivity index is 4.22. The lowest BCUT2D eigenvalue weighted by molar-refractivity contribution is 0.283. The van der Waals surface area contributed by atoms with Crippen LogP contribution in [0.2, 0.25) is 0 Å². The smallest absolute Gasteiger partial charge is 0.113 e. The molecule has 0 aliphatic carbocycles. The van der Waals surface area contributed by atoms with Gasteiger partial charge in [-0.05, 0) is 18.9 Å². The highest BCUT2D eigenvalue weighted by atomic mass is 16.5. The van der Waals surface area contributed by atoms with E-state index in [-0.39, 0.29) is 0 Å². The van der Waals surface area contributed by atoms with E-state index in [1.54, 1.807) is 0 Å². The third-order valence-electron chi connectivity index (χ3n) is 1.57. The molecule has 1 nitrogen and oxygen atoms in total. The average Bonchev–Trinajstić information content (AvgIpc) is 2.10. The summed E-state index contributed by atoms with van der Waals surface area (Å²) in [5, 5.41) is 0. The zero-order valence-electron chi connectivity index (χ0n) is 8.55. The molecule has 0 atom stereocenters. The molecule has 1 heteroatoms. The fourth-order valence-corrected chi connectivity index (χ4v) is 0.783. The molecule has 0 heterocycles. The van der Waals surface area contributed by atoms with E-state index in [1.165, 1.54) is 6.26 Å². The van der Waals surface area contributed by atoms with E-state index in [1.807, 2.05) is 19.1 Å². The normalized spacial score (nSPS) is 11.7. The molecule has 0 N–H and O–H groups in total. The molecule has 0 spiro atoms. The molecule has 13 heavy (non-hydrogen) atoms. The van der Waals surface area contributed by atoms with Crippen LogP contribution >= 0.6 is 0 Å². The van der Waals surface area contributed by atoms with Crippen molar-refractivity contribution in [3.63, 3.8) is 0 Å². The summed E-state index contributed by atoms with van der Waals surface area (Å²) in [5.41, 5.74) is 2.13. The van der Waals surface area contributed by atoms with Crippen LogP contribution in [-0.2, 0) is 4.74 Å². The van der Waals surface area contributed by atoms with Crippen LogP contribution in [0, 0.1) is 0 Å². The minimum absolute atomic E-state index is 0.548. The lowest BCUT2D eigenvalue weighted by atomic mass is 10.1. The summed E-state index contributed by atoms with van der Waals surface area (Å²) < 4.78 is 5.09. The van der Waals surface area contributed by atoms with Gasteiger partial charge in [0.2, 0.25) is 0 Å². The third kappa shape index (κ3) is 5.97. The molecule has 0 unspecified atom stereocenters. The lowest BCUT2D eigenvalue weighted by Crippen LogP contribution is -1.93. The van der Waals surface area contributed by atoms with Gasteiger partial charge in [0.15, 0.2) is 0 Å². The molecule has 0 saturated carbocycles. The molecule has 0 aromatic carbocycles. The molecular formula is C12H18O. The van der Waals surface area contributed by atoms with Gasteiger partial charge in [-0.3, -0.25) is 0 Å². The maximum atomic E-state index is 5.09. The molecule has 0 rings (SSSR count). The Morgan fingerprint density at radius 3 is 2.62 bits per heavy atom. The van der Waals surface area contributed by atoms with E-state index in [2.05, 4.69) is 26.2 Å². The predicted octanol–water partition coefficient (Wildman–Crippen LogP) is 3.62. The van der Waals surface area contributed by atoms with Gasteiger partial charge >= 0.3 is 0 Å². The quantitative estimate of drug-likeness (QED) is 0.446. The number of rotatable bonds is 6. The van der Waals surface area contributed by atoms with Crippen LogP contribution in [0.3, 0.4) is 0 Å². The van der Waals surface area contributed by atoms with E-state index < -0.39 is 0 Å². The van der Waals surface area contributed by atoms with Crippen molar-refractivity contribution in [2.75, 3.05) is 6.61 Å². The number of hydrogen-bond donors (Lipinski definition) is 0. The molecule has 0 fully saturated rings. The Labute approximate surface area is 81.1 Å². The number of allylic oxidation sites excluding steroid dienone is 3. The molecule has 0 aliphatic rings. The molecule has 0 aromatic heterocycles. The van der Waals surface area contributed by atoms with Crippen LogP contribution in [-0.4, -0.2) is 6.61 Å². The molecule has 0 radical (unpaired) electrons. The largest absolute Gasteiger partial charge is 0.497 e. The summed E-state index contributed by atoms with van der Waals surface area (Å²) in [7, 11) is 0. The van der Waals surface area contributed by atoms with Crippen molar-refractivity contribution in [2.24, 2.45) is 0 Å². The second kappa shape index (κ2) is 7.41. The summed E-state index contributed by atoms with van der Waals surface area (Å²) in [6.45, 7) is 12.0. The van der Waals surface area contributed by atoms with Crippen molar-refractivity contribution in [3.05, 3.63) is 48.8 Å². The van der Waals surface area contributed by atoms with Crippen molar-refractivity contribution in [1.82, 2.24) is 0 Å². The topological polar surface area (TPSA) is 9.23 Å². The second-order valence-corrected chi connectivity index (χ2v) is 2.79. The summed E-state index contributed by atoms with van der Waals surface area (Å²) in [6.07, 6.45) is 8.63. The molecule has 0 aromatic rings. The summed E-state index contributed by atoms with van der Waals surface area (Å²) in [5.74, 6) is 0. The van der Waals surface area contributed by atoms with Gasteiger partial charge < -0.3 is 4.74 Å². The van der Waals surface area contributed by atoms with Crippen LogP contribution in [0.5, 0.6) is 0 Å². The molecule has 0 saturated heterocycles. The molecule has 0 bridgehead atoms. The van der Waals surface area contributed by atoms with E-state index in [9.17, 15) is 0 Å². The predicted molar refractivity (Wildman–Crippen MR) is 58.5 cm³/mol. The van der Waals surface area contributed by atoms with Crippen molar-refractivity contribution >= 4 is 0 Å². The van der Waals surface area contributed by atoms with Crippen molar-refractivity contribution < 1.29 is 4.74 Å². The van der Waals surface area contributed by atoms with E-state index >= 15 is 0 Å². The maximum Gasteiger partial charge on any atom is 0.113 e. The SMILES string of the molecule is C=COC/C(=C/C=C\CC)C(=C)C. The van der Waals surface area contributed by atoms with Gasteiger partial charge in [-0.1, -0.05) is 43.9 Å². The fraction of sp³-hybridized carbons (Fsp3) is 0.333. The van der Waals surface area contributed by atoms with Gasteiger partial charge in [0.25, 0.3) is 0 Å². The second-order valence-electron chi connectivity index (χ2n) is 2.79. The first kappa shape index (κ1) is 11.8. The Kier molecular flexibility index (Phi) is 6.70. The minimum atomic E-state index is 0.548. The highest BCUT2D eigenvalue weighted by molar-refractivity contribution is 5.30. The highest BCUT2D eigenvalue weighted by Crippen LogP contribution is 2.07. The summed E-state index contributed by atoms with van der Waals surface area (Å²) in [4.78, 5) is 0. The first-order valence-corrected chi connectivity index (χ1v) is 4.46. The molecule has 0 aliphatic heterocycles. The number of hydrogen-bond acceptors (Lipinski definition) is 1. The lowest BCUT2D eigenvalue weighted by Gasteiger charge is -2.04. The standard InChI is InChI=1S/C12H18O/c1-5-7-8-9-12(11(3)4)10-13-6-2/h6-9H,2-3,5,10H2,1,4H3/b8-7-,12-9-. The fourth-order valence-electron chi connectivity index (χ4n) is 0.783. The van der Waals surface area contributed by atoms with Crippen LogP contribution in [0.15, 0.2) is 48.8 Å². The zero-order chi connectivity index (χ0) is 10.1. The molecule has 0 amide bonds. The van der Waals surface area contributed by atoms with Gasteiger partial charge in [0.1, 0.15) is 6.61 Å². The highest BCUT2D eigenvalue weighted by Gasteiger charge is 1.95. The summed E-state index contributed by atoms with van der Waals surface area (Å²) in [6, 6.07) is 0. The first-order valence-electron chi connectivity index (χ1n) is 4.46. The summed E-state index contributed by atoms with van der Waals surface area (Å²) >= 11 is 0. The monoisotopic (exact) mass is 178 g/mol. The minimum Gasteiger partial charge on any atom is -0.497 e. The Morgan fingerprint density at radius 1 is 1.46 bits per heavy atom. The average molecular weight is 178 g/mol. The van der Waals surface area contributed by atoms with Crippen LogP contribution in [0.4, 0.5) is 0 Å². The van der Waals surface area contributed by atoms with Gasteiger partial charge in [-0.25, -0.2) is 0 Å². The van der Waals surface area contributed by atoms with Gasteiger partial charge in [-0.2, -0.15) is 0 Å². The van der Waals surface area contributed by atoms with Crippen LogP contribution < -0.4 is 0 Å². The first-order chi connectivity index (χ1) is 6.22. The van der Waals surface area contributed by atoms with Crippen LogP contribution in [0.25, 0.3) is 0 Å². The van der Waals surface area contributed by atoms with E-state index in [0.29, 0.717) is 6.61 Å². The number of ether oxygens (including phenoxy) is 1. The molecule has 72 valence electrons. The Morgan fingerprint density at radius 2 is 2.15 bits per heavy atom. The van der Waals surface area contributed by atoms with Gasteiger partial charge in [-0.15, -0.1) is 0 Å². The van der Waals surface area contributed by atoms with Gasteiger partial charge in [0, 0.05) is 0 Å². The molecular weight excluding hydrogens is 160 g/mol. The third-order valence-corrected chi connectivity index (χ3v) is 1.57. The van der Waals surface area contributed by atoms with Crippen molar-refractivity contribution in [1.29, 1.82) is 0 Å². The Hall–Kier alpha value is -1.24.